The third kappa shape index (κ3) is 4.27. The van der Waals surface area contributed by atoms with Crippen LogP contribution in [-0.4, -0.2) is 30.4 Å². The lowest BCUT2D eigenvalue weighted by Gasteiger charge is -2.30. The highest BCUT2D eigenvalue weighted by atomic mass is 16.2. The maximum Gasteiger partial charge on any atom is 0.222 e. The number of amides is 1. The Balaban J connectivity index is 4.20. The predicted molar refractivity (Wildman–Crippen MR) is 55.4 cm³/mol. The van der Waals surface area contributed by atoms with Crippen molar-refractivity contribution in [2.24, 2.45) is 11.1 Å². The van der Waals surface area contributed by atoms with Gasteiger partial charge in [0.25, 0.3) is 0 Å². The molecule has 2 N–H and O–H groups in total. The Morgan fingerprint density at radius 2 is 1.92 bits per heavy atom. The lowest BCUT2D eigenvalue weighted by Crippen LogP contribution is -2.41. The minimum absolute atomic E-state index is 0.0286. The summed E-state index contributed by atoms with van der Waals surface area (Å²) in [7, 11) is 0. The molecule has 1 amide bonds. The molecule has 0 aromatic heterocycles. The third-order valence-corrected chi connectivity index (χ3v) is 2.21. The summed E-state index contributed by atoms with van der Waals surface area (Å²) in [6, 6.07) is 0. The molecule has 0 saturated carbocycles. The Labute approximate surface area is 81.3 Å². The SMILES string of the molecule is CCC(=O)N(CC)CC(C)(C)CN. The molecule has 0 fully saturated rings. The molecule has 0 aliphatic rings. The van der Waals surface area contributed by atoms with Crippen molar-refractivity contribution in [3.8, 4) is 0 Å². The minimum atomic E-state index is 0.0286. The molecule has 0 aliphatic heterocycles. The van der Waals surface area contributed by atoms with Crippen molar-refractivity contribution in [2.45, 2.75) is 34.1 Å². The van der Waals surface area contributed by atoms with E-state index in [9.17, 15) is 4.79 Å². The van der Waals surface area contributed by atoms with Crippen LogP contribution in [0.5, 0.6) is 0 Å². The van der Waals surface area contributed by atoms with Crippen LogP contribution < -0.4 is 5.73 Å². The summed E-state index contributed by atoms with van der Waals surface area (Å²) in [5.41, 5.74) is 5.64. The van der Waals surface area contributed by atoms with Crippen LogP contribution in [0.1, 0.15) is 34.1 Å². The first-order chi connectivity index (χ1) is 5.96. The van der Waals surface area contributed by atoms with Gasteiger partial charge in [-0.2, -0.15) is 0 Å². The lowest BCUT2D eigenvalue weighted by molar-refractivity contribution is -0.131. The van der Waals surface area contributed by atoms with E-state index in [1.165, 1.54) is 0 Å². The molecule has 0 spiro atoms. The number of hydrogen-bond acceptors (Lipinski definition) is 2. The summed E-state index contributed by atoms with van der Waals surface area (Å²) in [5, 5.41) is 0. The smallest absolute Gasteiger partial charge is 0.222 e. The van der Waals surface area contributed by atoms with E-state index in [-0.39, 0.29) is 11.3 Å². The van der Waals surface area contributed by atoms with E-state index in [2.05, 4.69) is 13.8 Å². The number of nitrogens with two attached hydrogens (primary N) is 1. The van der Waals surface area contributed by atoms with Gasteiger partial charge in [0.15, 0.2) is 0 Å². The van der Waals surface area contributed by atoms with Crippen LogP contribution in [-0.2, 0) is 4.79 Å². The van der Waals surface area contributed by atoms with Crippen LogP contribution >= 0.6 is 0 Å². The quantitative estimate of drug-likeness (QED) is 0.702. The molecule has 0 unspecified atom stereocenters. The molecule has 0 heterocycles. The zero-order valence-electron chi connectivity index (χ0n) is 9.26. The molecule has 13 heavy (non-hydrogen) atoms. The highest BCUT2D eigenvalue weighted by Gasteiger charge is 2.21. The predicted octanol–water partition coefficient (Wildman–Crippen LogP) is 1.23. The second-order valence-corrected chi connectivity index (χ2v) is 4.13. The fourth-order valence-corrected chi connectivity index (χ4v) is 1.18. The average Bonchev–Trinajstić information content (AvgIpc) is 2.13. The van der Waals surface area contributed by atoms with Crippen molar-refractivity contribution >= 4 is 5.91 Å². The van der Waals surface area contributed by atoms with Crippen molar-refractivity contribution < 1.29 is 4.79 Å². The average molecular weight is 186 g/mol. The molecular formula is C10H22N2O. The van der Waals surface area contributed by atoms with E-state index in [0.717, 1.165) is 13.1 Å². The Bertz CT molecular complexity index is 166. The van der Waals surface area contributed by atoms with Gasteiger partial charge >= 0.3 is 0 Å². The Morgan fingerprint density at radius 1 is 1.38 bits per heavy atom. The number of nitrogens with zero attached hydrogens (tertiary/aromatic N) is 1. The second-order valence-electron chi connectivity index (χ2n) is 4.13. The molecule has 0 aliphatic carbocycles. The monoisotopic (exact) mass is 186 g/mol. The van der Waals surface area contributed by atoms with Crippen molar-refractivity contribution in [3.63, 3.8) is 0 Å². The van der Waals surface area contributed by atoms with Gasteiger partial charge in [-0.25, -0.2) is 0 Å². The molecule has 0 bridgehead atoms. The summed E-state index contributed by atoms with van der Waals surface area (Å²) in [6.45, 7) is 10.2. The molecule has 0 aromatic carbocycles. The molecule has 0 rings (SSSR count). The normalized spacial score (nSPS) is 11.5. The fraction of sp³-hybridized carbons (Fsp3) is 0.900. The first-order valence-corrected chi connectivity index (χ1v) is 4.94. The molecule has 0 atom stereocenters. The van der Waals surface area contributed by atoms with Crippen LogP contribution in [0.3, 0.4) is 0 Å². The van der Waals surface area contributed by atoms with E-state index in [1.807, 2.05) is 18.7 Å². The third-order valence-electron chi connectivity index (χ3n) is 2.21. The standard InChI is InChI=1S/C10H22N2O/c1-5-9(13)12(6-2)8-10(3,4)7-11/h5-8,11H2,1-4H3. The van der Waals surface area contributed by atoms with Crippen LogP contribution in [0.15, 0.2) is 0 Å². The Morgan fingerprint density at radius 3 is 2.23 bits per heavy atom. The molecule has 0 aromatic rings. The van der Waals surface area contributed by atoms with Gasteiger partial charge in [0.05, 0.1) is 0 Å². The summed E-state index contributed by atoms with van der Waals surface area (Å²) in [6.07, 6.45) is 0.578. The van der Waals surface area contributed by atoms with Gasteiger partial charge in [-0.3, -0.25) is 4.79 Å². The van der Waals surface area contributed by atoms with Crippen LogP contribution in [0.4, 0.5) is 0 Å². The van der Waals surface area contributed by atoms with E-state index < -0.39 is 0 Å². The Kier molecular flexibility index (Phi) is 4.99. The fourth-order valence-electron chi connectivity index (χ4n) is 1.18. The van der Waals surface area contributed by atoms with Gasteiger partial charge in [-0.15, -0.1) is 0 Å². The highest BCUT2D eigenvalue weighted by Crippen LogP contribution is 2.15. The second kappa shape index (κ2) is 5.22. The highest BCUT2D eigenvalue weighted by molar-refractivity contribution is 5.75. The summed E-state index contributed by atoms with van der Waals surface area (Å²) >= 11 is 0. The van der Waals surface area contributed by atoms with Gasteiger partial charge in [-0.1, -0.05) is 20.8 Å². The molecule has 3 heteroatoms. The first kappa shape index (κ1) is 12.4. The van der Waals surface area contributed by atoms with Gasteiger partial charge in [0, 0.05) is 19.5 Å². The van der Waals surface area contributed by atoms with Gasteiger partial charge < -0.3 is 10.6 Å². The van der Waals surface area contributed by atoms with Gasteiger partial charge in [-0.05, 0) is 18.9 Å². The molecule has 3 nitrogen and oxygen atoms in total. The zero-order chi connectivity index (χ0) is 10.5. The van der Waals surface area contributed by atoms with Gasteiger partial charge in [0.2, 0.25) is 5.91 Å². The van der Waals surface area contributed by atoms with Crippen molar-refractivity contribution in [3.05, 3.63) is 0 Å². The molecule has 0 radical (unpaired) electrons. The van der Waals surface area contributed by atoms with E-state index in [1.54, 1.807) is 0 Å². The number of rotatable bonds is 5. The van der Waals surface area contributed by atoms with Crippen LogP contribution in [0, 0.1) is 5.41 Å². The van der Waals surface area contributed by atoms with Gasteiger partial charge in [0.1, 0.15) is 0 Å². The maximum atomic E-state index is 11.4. The maximum absolute atomic E-state index is 11.4. The zero-order valence-corrected chi connectivity index (χ0v) is 9.26. The van der Waals surface area contributed by atoms with E-state index in [4.69, 9.17) is 5.73 Å². The molecule has 78 valence electrons. The number of carbonyl (C=O) groups is 1. The van der Waals surface area contributed by atoms with Crippen molar-refractivity contribution in [1.29, 1.82) is 0 Å². The first-order valence-electron chi connectivity index (χ1n) is 4.94. The number of hydrogen-bond donors (Lipinski definition) is 1. The van der Waals surface area contributed by atoms with Crippen molar-refractivity contribution in [2.75, 3.05) is 19.6 Å². The van der Waals surface area contributed by atoms with Crippen LogP contribution in [0.25, 0.3) is 0 Å². The minimum Gasteiger partial charge on any atom is -0.342 e. The Hall–Kier alpha value is -0.570. The van der Waals surface area contributed by atoms with E-state index >= 15 is 0 Å². The topological polar surface area (TPSA) is 46.3 Å². The number of carbonyl (C=O) groups excluding carboxylic acids is 1. The van der Waals surface area contributed by atoms with Crippen LogP contribution in [0.2, 0.25) is 0 Å². The van der Waals surface area contributed by atoms with E-state index in [0.29, 0.717) is 13.0 Å². The molecular weight excluding hydrogens is 164 g/mol. The summed E-state index contributed by atoms with van der Waals surface area (Å²) in [4.78, 5) is 13.3. The summed E-state index contributed by atoms with van der Waals surface area (Å²) < 4.78 is 0. The molecule has 0 saturated heterocycles. The van der Waals surface area contributed by atoms with Crippen molar-refractivity contribution in [1.82, 2.24) is 4.90 Å². The largest absolute Gasteiger partial charge is 0.342 e. The lowest BCUT2D eigenvalue weighted by atomic mass is 9.93. The summed E-state index contributed by atoms with van der Waals surface area (Å²) in [5.74, 6) is 0.212.